The number of nitrogens with one attached hydrogen (secondary N) is 1. The normalized spacial score (nSPS) is 18.0. The van der Waals surface area contributed by atoms with E-state index >= 15 is 0 Å². The van der Waals surface area contributed by atoms with Crippen molar-refractivity contribution in [2.45, 2.75) is 32.9 Å². The summed E-state index contributed by atoms with van der Waals surface area (Å²) >= 11 is 0. The first kappa shape index (κ1) is 21.7. The minimum absolute atomic E-state index is 0.287. The van der Waals surface area contributed by atoms with E-state index in [9.17, 15) is 14.4 Å². The molecule has 0 saturated carbocycles. The molecule has 2 aromatic heterocycles. The third kappa shape index (κ3) is 3.50. The van der Waals surface area contributed by atoms with Gasteiger partial charge in [0, 0.05) is 17.0 Å². The molecule has 0 spiro atoms. The number of rotatable bonds is 6. The fraction of sp³-hybridized carbons (Fsp3) is 0.222. The number of imide groups is 1. The van der Waals surface area contributed by atoms with E-state index in [1.807, 2.05) is 73.0 Å². The summed E-state index contributed by atoms with van der Waals surface area (Å²) in [5.74, 6) is 0.0524. The van der Waals surface area contributed by atoms with Crippen molar-refractivity contribution in [3.63, 3.8) is 0 Å². The second kappa shape index (κ2) is 8.02. The molecule has 1 fully saturated rings. The lowest BCUT2D eigenvalue weighted by Gasteiger charge is -2.22. The number of aryl methyl sites for hydroxylation is 1. The van der Waals surface area contributed by atoms with Gasteiger partial charge >= 0.3 is 6.03 Å². The summed E-state index contributed by atoms with van der Waals surface area (Å²) in [4.78, 5) is 40.4. The standard InChI is InChI=1S/C27H25N3O4/c1-17-13-23(18(2)29(17)15-22-9-6-12-34-22)24(31)16-30-25(32)27(3,28-26(30)33)21-11-10-19-7-4-5-8-20(19)14-21/h4-14H,15-16H2,1-3H3,(H,28,33)/t27-/m1/s1. The van der Waals surface area contributed by atoms with Gasteiger partial charge in [0.05, 0.1) is 19.4 Å². The Morgan fingerprint density at radius 3 is 2.50 bits per heavy atom. The van der Waals surface area contributed by atoms with Gasteiger partial charge in [-0.2, -0.15) is 0 Å². The first-order chi connectivity index (χ1) is 16.3. The molecule has 1 N–H and O–H groups in total. The molecule has 1 aliphatic rings. The Hall–Kier alpha value is -4.13. The van der Waals surface area contributed by atoms with Gasteiger partial charge in [0.1, 0.15) is 11.3 Å². The number of urea groups is 1. The van der Waals surface area contributed by atoms with Crippen molar-refractivity contribution in [1.82, 2.24) is 14.8 Å². The highest BCUT2D eigenvalue weighted by Gasteiger charge is 2.49. The lowest BCUT2D eigenvalue weighted by atomic mass is 9.90. The molecule has 0 unspecified atom stereocenters. The zero-order valence-electron chi connectivity index (χ0n) is 19.3. The molecule has 1 aliphatic heterocycles. The highest BCUT2D eigenvalue weighted by atomic mass is 16.3. The van der Waals surface area contributed by atoms with Gasteiger partial charge in [0.15, 0.2) is 5.78 Å². The summed E-state index contributed by atoms with van der Waals surface area (Å²) in [6, 6.07) is 18.4. The van der Waals surface area contributed by atoms with Gasteiger partial charge in [0.25, 0.3) is 5.91 Å². The van der Waals surface area contributed by atoms with E-state index < -0.39 is 17.5 Å². The lowest BCUT2D eigenvalue weighted by Crippen LogP contribution is -2.41. The Morgan fingerprint density at radius 2 is 1.76 bits per heavy atom. The van der Waals surface area contributed by atoms with E-state index in [-0.39, 0.29) is 12.3 Å². The third-order valence-electron chi connectivity index (χ3n) is 6.67. The maximum absolute atomic E-state index is 13.4. The molecular weight excluding hydrogens is 430 g/mol. The van der Waals surface area contributed by atoms with Gasteiger partial charge in [0.2, 0.25) is 0 Å². The van der Waals surface area contributed by atoms with Crippen LogP contribution in [-0.4, -0.2) is 33.7 Å². The predicted molar refractivity (Wildman–Crippen MR) is 128 cm³/mol. The average molecular weight is 456 g/mol. The molecule has 0 radical (unpaired) electrons. The lowest BCUT2D eigenvalue weighted by molar-refractivity contribution is -0.130. The third-order valence-corrected chi connectivity index (χ3v) is 6.67. The topological polar surface area (TPSA) is 84.5 Å². The van der Waals surface area contributed by atoms with E-state index in [4.69, 9.17) is 4.42 Å². The molecule has 1 atom stereocenters. The quantitative estimate of drug-likeness (QED) is 0.342. The van der Waals surface area contributed by atoms with Crippen LogP contribution in [0, 0.1) is 13.8 Å². The Bertz CT molecular complexity index is 1430. The Labute approximate surface area is 197 Å². The van der Waals surface area contributed by atoms with Crippen LogP contribution < -0.4 is 5.32 Å². The van der Waals surface area contributed by atoms with E-state index in [2.05, 4.69) is 5.32 Å². The van der Waals surface area contributed by atoms with Gasteiger partial charge in [-0.15, -0.1) is 0 Å². The van der Waals surface area contributed by atoms with E-state index in [0.29, 0.717) is 17.7 Å². The highest BCUT2D eigenvalue weighted by molar-refractivity contribution is 6.11. The molecule has 1 saturated heterocycles. The van der Waals surface area contributed by atoms with Crippen LogP contribution in [0.5, 0.6) is 0 Å². The fourth-order valence-corrected chi connectivity index (χ4v) is 4.65. The van der Waals surface area contributed by atoms with Crippen molar-refractivity contribution in [3.05, 3.63) is 95.2 Å². The first-order valence-electron chi connectivity index (χ1n) is 11.1. The summed E-state index contributed by atoms with van der Waals surface area (Å²) < 4.78 is 7.42. The fourth-order valence-electron chi connectivity index (χ4n) is 4.65. The molecule has 4 aromatic rings. The van der Waals surface area contributed by atoms with Gasteiger partial charge in [-0.25, -0.2) is 4.79 Å². The van der Waals surface area contributed by atoms with Crippen LogP contribution in [0.1, 0.15) is 40.0 Å². The molecular formula is C27H25N3O4. The van der Waals surface area contributed by atoms with Crippen molar-refractivity contribution in [3.8, 4) is 0 Å². The van der Waals surface area contributed by atoms with Crippen LogP contribution >= 0.6 is 0 Å². The molecule has 7 nitrogen and oxygen atoms in total. The number of nitrogens with zero attached hydrogens (tertiary/aromatic N) is 2. The second-order valence-electron chi connectivity index (χ2n) is 8.88. The van der Waals surface area contributed by atoms with Crippen molar-refractivity contribution in [2.75, 3.05) is 6.54 Å². The predicted octanol–water partition coefficient (Wildman–Crippen LogP) is 4.55. The van der Waals surface area contributed by atoms with Crippen molar-refractivity contribution >= 4 is 28.5 Å². The van der Waals surface area contributed by atoms with Crippen molar-refractivity contribution < 1.29 is 18.8 Å². The summed E-state index contributed by atoms with van der Waals surface area (Å²) in [5, 5.41) is 4.82. The zero-order chi connectivity index (χ0) is 24.0. The van der Waals surface area contributed by atoms with Crippen LogP contribution in [0.2, 0.25) is 0 Å². The molecule has 172 valence electrons. The maximum Gasteiger partial charge on any atom is 0.325 e. The van der Waals surface area contributed by atoms with Gasteiger partial charge < -0.3 is 14.3 Å². The monoisotopic (exact) mass is 455 g/mol. The summed E-state index contributed by atoms with van der Waals surface area (Å²) in [6.45, 7) is 5.63. The molecule has 34 heavy (non-hydrogen) atoms. The number of furan rings is 1. The number of ketones is 1. The van der Waals surface area contributed by atoms with E-state index in [1.165, 1.54) is 0 Å². The summed E-state index contributed by atoms with van der Waals surface area (Å²) in [5.41, 5.74) is 1.59. The molecule has 0 aliphatic carbocycles. The average Bonchev–Trinajstić information content (AvgIpc) is 3.50. The number of fused-ring (bicyclic) bond motifs is 1. The number of carbonyl (C=O) groups is 3. The number of benzene rings is 2. The van der Waals surface area contributed by atoms with Crippen molar-refractivity contribution in [1.29, 1.82) is 0 Å². The largest absolute Gasteiger partial charge is 0.467 e. The zero-order valence-corrected chi connectivity index (χ0v) is 19.3. The molecule has 3 heterocycles. The molecule has 7 heteroatoms. The SMILES string of the molecule is Cc1cc(C(=O)CN2C(=O)N[C@](C)(c3ccc4ccccc4c3)C2=O)c(C)n1Cc1ccco1. The van der Waals surface area contributed by atoms with Gasteiger partial charge in [-0.05, 0) is 61.4 Å². The molecule has 5 rings (SSSR count). The smallest absolute Gasteiger partial charge is 0.325 e. The van der Waals surface area contributed by atoms with E-state index in [0.717, 1.165) is 32.8 Å². The Kier molecular flexibility index (Phi) is 5.12. The summed E-state index contributed by atoms with van der Waals surface area (Å²) in [7, 11) is 0. The van der Waals surface area contributed by atoms with Gasteiger partial charge in [-0.1, -0.05) is 36.4 Å². The second-order valence-corrected chi connectivity index (χ2v) is 8.88. The van der Waals surface area contributed by atoms with Crippen LogP contribution in [0.25, 0.3) is 10.8 Å². The minimum Gasteiger partial charge on any atom is -0.467 e. The number of hydrogen-bond donors (Lipinski definition) is 1. The van der Waals surface area contributed by atoms with Crippen LogP contribution in [0.4, 0.5) is 4.79 Å². The number of Topliss-reactive ketones (excluding diaryl/α,β-unsaturated/α-hetero) is 1. The van der Waals surface area contributed by atoms with Crippen LogP contribution in [-0.2, 0) is 16.9 Å². The minimum atomic E-state index is -1.24. The summed E-state index contributed by atoms with van der Waals surface area (Å²) in [6.07, 6.45) is 1.61. The van der Waals surface area contributed by atoms with Crippen LogP contribution in [0.3, 0.4) is 0 Å². The molecule has 3 amide bonds. The molecule has 0 bridgehead atoms. The Balaban J connectivity index is 1.39. The van der Waals surface area contributed by atoms with Crippen molar-refractivity contribution in [2.24, 2.45) is 0 Å². The van der Waals surface area contributed by atoms with Crippen LogP contribution in [0.15, 0.2) is 71.3 Å². The number of aromatic nitrogens is 1. The van der Waals surface area contributed by atoms with Gasteiger partial charge in [-0.3, -0.25) is 14.5 Å². The maximum atomic E-state index is 13.4. The highest BCUT2D eigenvalue weighted by Crippen LogP contribution is 2.31. The molecule has 2 aromatic carbocycles. The first-order valence-corrected chi connectivity index (χ1v) is 11.1. The Morgan fingerprint density at radius 1 is 1.00 bits per heavy atom. The number of carbonyl (C=O) groups excluding carboxylic acids is 3. The number of amides is 3. The van der Waals surface area contributed by atoms with E-state index in [1.54, 1.807) is 19.3 Å². The number of hydrogen-bond acceptors (Lipinski definition) is 4.